The third-order valence-electron chi connectivity index (χ3n) is 0.748. The highest BCUT2D eigenvalue weighted by Gasteiger charge is 2.20. The van der Waals surface area contributed by atoms with Crippen LogP contribution in [0.5, 0.6) is 0 Å². The zero-order valence-corrected chi connectivity index (χ0v) is 5.18. The summed E-state index contributed by atoms with van der Waals surface area (Å²) in [5.74, 6) is -2.28. The molecule has 52 valence electrons. The second-order valence-electron chi connectivity index (χ2n) is 1.47. The van der Waals surface area contributed by atoms with Crippen molar-refractivity contribution in [3.05, 3.63) is 0 Å². The quantitative estimate of drug-likeness (QED) is 0.397. The number of methoxy groups -OCH3 is 1. The van der Waals surface area contributed by atoms with E-state index in [1.165, 1.54) is 0 Å². The molecule has 0 N–H and O–H groups in total. The van der Waals surface area contributed by atoms with Crippen molar-refractivity contribution in [2.24, 2.45) is 0 Å². The Morgan fingerprint density at radius 2 is 2.00 bits per heavy atom. The molecule has 9 heavy (non-hydrogen) atoms. The lowest BCUT2D eigenvalue weighted by Crippen LogP contribution is -2.23. The summed E-state index contributed by atoms with van der Waals surface area (Å²) in [7, 11) is 1.03. The molecule has 0 fully saturated rings. The molecule has 3 nitrogen and oxygen atoms in total. The van der Waals surface area contributed by atoms with Crippen molar-refractivity contribution in [3.63, 3.8) is 0 Å². The van der Waals surface area contributed by atoms with Crippen LogP contribution >= 0.6 is 0 Å². The Labute approximate surface area is 51.8 Å². The highest BCUT2D eigenvalue weighted by molar-refractivity contribution is 6.35. The van der Waals surface area contributed by atoms with Crippen LogP contribution in [-0.4, -0.2) is 25.0 Å². The van der Waals surface area contributed by atoms with E-state index in [0.717, 1.165) is 14.0 Å². The fourth-order valence-electron chi connectivity index (χ4n) is 0.263. The van der Waals surface area contributed by atoms with E-state index in [-0.39, 0.29) is 0 Å². The lowest BCUT2D eigenvalue weighted by atomic mass is 10.3. The Balaban J connectivity index is 3.89. The summed E-state index contributed by atoms with van der Waals surface area (Å²) in [4.78, 5) is 20.4. The average molecular weight is 134 g/mol. The molecule has 0 aromatic rings. The van der Waals surface area contributed by atoms with E-state index in [0.29, 0.717) is 0 Å². The first kappa shape index (κ1) is 8.07. The van der Waals surface area contributed by atoms with Gasteiger partial charge in [0.2, 0.25) is 0 Å². The van der Waals surface area contributed by atoms with Gasteiger partial charge >= 0.3 is 5.97 Å². The summed E-state index contributed by atoms with van der Waals surface area (Å²) in [5.41, 5.74) is 0. The van der Waals surface area contributed by atoms with Gasteiger partial charge in [0.15, 0.2) is 6.17 Å². The van der Waals surface area contributed by atoms with Crippen molar-refractivity contribution in [2.75, 3.05) is 7.11 Å². The van der Waals surface area contributed by atoms with Crippen molar-refractivity contribution < 1.29 is 18.7 Å². The molecule has 0 spiro atoms. The number of alkyl halides is 1. The van der Waals surface area contributed by atoms with Crippen LogP contribution in [-0.2, 0) is 14.3 Å². The SMILES string of the molecule is COC(=O)C(=O)C(C)F. The van der Waals surface area contributed by atoms with Gasteiger partial charge in [0.05, 0.1) is 7.11 Å². The van der Waals surface area contributed by atoms with E-state index in [4.69, 9.17) is 0 Å². The molecule has 0 aliphatic heterocycles. The van der Waals surface area contributed by atoms with Crippen LogP contribution in [0.15, 0.2) is 0 Å². The molecule has 0 aromatic carbocycles. The second kappa shape index (κ2) is 3.17. The van der Waals surface area contributed by atoms with Crippen molar-refractivity contribution in [1.29, 1.82) is 0 Å². The lowest BCUT2D eigenvalue weighted by Gasteiger charge is -1.96. The Kier molecular flexibility index (Phi) is 2.84. The molecule has 0 aliphatic carbocycles. The van der Waals surface area contributed by atoms with Gasteiger partial charge in [-0.05, 0) is 6.92 Å². The van der Waals surface area contributed by atoms with Gasteiger partial charge in [-0.1, -0.05) is 0 Å². The molecule has 4 heteroatoms. The lowest BCUT2D eigenvalue weighted by molar-refractivity contribution is -0.153. The van der Waals surface area contributed by atoms with Crippen LogP contribution < -0.4 is 0 Å². The predicted molar refractivity (Wildman–Crippen MR) is 27.6 cm³/mol. The zero-order chi connectivity index (χ0) is 7.44. The van der Waals surface area contributed by atoms with E-state index in [1.807, 2.05) is 0 Å². The van der Waals surface area contributed by atoms with Gasteiger partial charge < -0.3 is 4.74 Å². The predicted octanol–water partition coefficient (Wildman–Crippen LogP) is 0.0865. The molecule has 0 saturated heterocycles. The number of hydrogen-bond acceptors (Lipinski definition) is 3. The molecule has 0 amide bonds. The number of carbonyl (C=O) groups excluding carboxylic acids is 2. The highest BCUT2D eigenvalue weighted by atomic mass is 19.1. The fraction of sp³-hybridized carbons (Fsp3) is 0.600. The van der Waals surface area contributed by atoms with Crippen LogP contribution in [0.25, 0.3) is 0 Å². The van der Waals surface area contributed by atoms with Gasteiger partial charge in [-0.15, -0.1) is 0 Å². The van der Waals surface area contributed by atoms with Crippen LogP contribution in [0, 0.1) is 0 Å². The van der Waals surface area contributed by atoms with Gasteiger partial charge in [-0.25, -0.2) is 9.18 Å². The number of esters is 1. The summed E-state index contributed by atoms with van der Waals surface area (Å²) in [6.07, 6.45) is -1.77. The second-order valence-corrected chi connectivity index (χ2v) is 1.47. The molecular formula is C5H7FO3. The number of carbonyl (C=O) groups is 2. The maximum atomic E-state index is 11.9. The van der Waals surface area contributed by atoms with E-state index in [2.05, 4.69) is 4.74 Å². The Morgan fingerprint density at radius 1 is 1.56 bits per heavy atom. The maximum absolute atomic E-state index is 11.9. The number of Topliss-reactive ketones (excluding diaryl/α,β-unsaturated/α-hetero) is 1. The van der Waals surface area contributed by atoms with Gasteiger partial charge in [-0.3, -0.25) is 4.79 Å². The maximum Gasteiger partial charge on any atom is 0.377 e. The monoisotopic (exact) mass is 134 g/mol. The summed E-state index contributed by atoms with van der Waals surface area (Å²) in [6.45, 7) is 0.985. The molecule has 0 heterocycles. The Bertz CT molecular complexity index is 130. The van der Waals surface area contributed by atoms with Crippen molar-refractivity contribution >= 4 is 11.8 Å². The zero-order valence-electron chi connectivity index (χ0n) is 5.18. The van der Waals surface area contributed by atoms with E-state index >= 15 is 0 Å². The number of ether oxygens (including phenoxy) is 1. The number of ketones is 1. The normalized spacial score (nSPS) is 12.3. The summed E-state index contributed by atoms with van der Waals surface area (Å²) >= 11 is 0. The van der Waals surface area contributed by atoms with Crippen LogP contribution in [0.2, 0.25) is 0 Å². The Hall–Kier alpha value is -0.930. The topological polar surface area (TPSA) is 43.4 Å². The van der Waals surface area contributed by atoms with Crippen LogP contribution in [0.1, 0.15) is 6.92 Å². The van der Waals surface area contributed by atoms with Gasteiger partial charge in [-0.2, -0.15) is 0 Å². The molecule has 0 radical (unpaired) electrons. The largest absolute Gasteiger partial charge is 0.463 e. The number of rotatable bonds is 2. The van der Waals surface area contributed by atoms with Crippen molar-refractivity contribution in [1.82, 2.24) is 0 Å². The molecule has 0 aromatic heterocycles. The van der Waals surface area contributed by atoms with E-state index in [1.54, 1.807) is 0 Å². The average Bonchev–Trinajstić information content (AvgIpc) is 1.84. The number of halogens is 1. The molecule has 0 rings (SSSR count). The van der Waals surface area contributed by atoms with Crippen LogP contribution in [0.4, 0.5) is 4.39 Å². The van der Waals surface area contributed by atoms with Crippen LogP contribution in [0.3, 0.4) is 0 Å². The third-order valence-corrected chi connectivity index (χ3v) is 0.748. The summed E-state index contributed by atoms with van der Waals surface area (Å²) in [5, 5.41) is 0. The minimum Gasteiger partial charge on any atom is -0.463 e. The van der Waals surface area contributed by atoms with Gasteiger partial charge in [0, 0.05) is 0 Å². The molecule has 0 saturated carbocycles. The summed E-state index contributed by atoms with van der Waals surface area (Å²) < 4.78 is 15.8. The minimum absolute atomic E-state index is 0.985. The molecule has 0 aliphatic rings. The highest BCUT2D eigenvalue weighted by Crippen LogP contribution is 1.91. The minimum atomic E-state index is -1.77. The molecule has 1 unspecified atom stereocenters. The number of hydrogen-bond donors (Lipinski definition) is 0. The van der Waals surface area contributed by atoms with Crippen molar-refractivity contribution in [3.8, 4) is 0 Å². The smallest absolute Gasteiger partial charge is 0.377 e. The first-order valence-corrected chi connectivity index (χ1v) is 2.35. The third kappa shape index (κ3) is 2.21. The molecule has 1 atom stereocenters. The molecular weight excluding hydrogens is 127 g/mol. The molecule has 0 bridgehead atoms. The summed E-state index contributed by atoms with van der Waals surface area (Å²) in [6, 6.07) is 0. The van der Waals surface area contributed by atoms with Crippen molar-refractivity contribution in [2.45, 2.75) is 13.1 Å². The first-order chi connectivity index (χ1) is 4.09. The van der Waals surface area contributed by atoms with Gasteiger partial charge in [0.1, 0.15) is 0 Å². The first-order valence-electron chi connectivity index (χ1n) is 2.35. The fourth-order valence-corrected chi connectivity index (χ4v) is 0.263. The standard InChI is InChI=1S/C5H7FO3/c1-3(6)4(7)5(8)9-2/h3H,1-2H3. The van der Waals surface area contributed by atoms with Gasteiger partial charge in [0.25, 0.3) is 5.78 Å². The van der Waals surface area contributed by atoms with E-state index in [9.17, 15) is 14.0 Å². The van der Waals surface area contributed by atoms with E-state index < -0.39 is 17.9 Å². The Morgan fingerprint density at radius 3 is 2.11 bits per heavy atom.